The van der Waals surface area contributed by atoms with Gasteiger partial charge in [0.2, 0.25) is 0 Å². The Labute approximate surface area is 204 Å². The number of imidazole rings is 1. The second-order valence-corrected chi connectivity index (χ2v) is 11.2. The predicted molar refractivity (Wildman–Crippen MR) is 128 cm³/mol. The number of aromatic nitrogens is 4. The van der Waals surface area contributed by atoms with Gasteiger partial charge in [0.15, 0.2) is 18.1 Å². The van der Waals surface area contributed by atoms with Gasteiger partial charge in [0.25, 0.3) is 7.52 Å². The molecule has 0 fully saturated rings. The van der Waals surface area contributed by atoms with Gasteiger partial charge in [-0.25, -0.2) is 24.8 Å². The summed E-state index contributed by atoms with van der Waals surface area (Å²) in [5, 5.41) is 2.70. The van der Waals surface area contributed by atoms with Crippen LogP contribution in [0.3, 0.4) is 0 Å². The molecule has 3 N–H and O–H groups in total. The maximum atomic E-state index is 13.6. The first-order chi connectivity index (χ1) is 16.2. The number of rotatable bonds is 13. The number of carbonyl (C=O) groups excluding carboxylic acids is 2. The second-order valence-electron chi connectivity index (χ2n) is 9.11. The van der Waals surface area contributed by atoms with Crippen LogP contribution in [0.5, 0.6) is 0 Å². The summed E-state index contributed by atoms with van der Waals surface area (Å²) < 4.78 is 36.9. The van der Waals surface area contributed by atoms with Gasteiger partial charge in [-0.3, -0.25) is 9.36 Å². The summed E-state index contributed by atoms with van der Waals surface area (Å²) >= 11 is 0. The molecule has 2 aromatic rings. The van der Waals surface area contributed by atoms with Gasteiger partial charge in [0.1, 0.15) is 23.7 Å². The zero-order valence-electron chi connectivity index (χ0n) is 21.2. The summed E-state index contributed by atoms with van der Waals surface area (Å²) in [5.41, 5.74) is 5.43. The molecule has 2 aromatic heterocycles. The highest BCUT2D eigenvalue weighted by molar-refractivity contribution is 7.56. The van der Waals surface area contributed by atoms with Crippen LogP contribution in [0.2, 0.25) is 0 Å². The summed E-state index contributed by atoms with van der Waals surface area (Å²) in [6.45, 7) is 11.3. The van der Waals surface area contributed by atoms with Crippen LogP contribution in [0, 0.1) is 0 Å². The third-order valence-electron chi connectivity index (χ3n) is 4.47. The molecule has 2 rings (SSSR count). The van der Waals surface area contributed by atoms with Crippen molar-refractivity contribution in [3.63, 3.8) is 0 Å². The monoisotopic (exact) mass is 514 g/mol. The molecular weight excluding hydrogens is 479 g/mol. The Balaban J connectivity index is 2.12. The van der Waals surface area contributed by atoms with Crippen LogP contribution in [0.4, 0.5) is 5.82 Å². The zero-order chi connectivity index (χ0) is 26.4. The van der Waals surface area contributed by atoms with E-state index in [4.69, 9.17) is 24.5 Å². The Bertz CT molecular complexity index is 1070. The van der Waals surface area contributed by atoms with Gasteiger partial charge >= 0.3 is 11.9 Å². The zero-order valence-corrected chi connectivity index (χ0v) is 22.1. The molecular formula is C21H35N6O7P. The Morgan fingerprint density at radius 2 is 1.77 bits per heavy atom. The van der Waals surface area contributed by atoms with Crippen LogP contribution in [0.25, 0.3) is 11.2 Å². The molecule has 2 atom stereocenters. The normalized spacial score (nSPS) is 14.8. The number of hydrogen-bond acceptors (Lipinski definition) is 11. The summed E-state index contributed by atoms with van der Waals surface area (Å²) in [7, 11) is -3.88. The molecule has 35 heavy (non-hydrogen) atoms. The number of anilines is 1. The van der Waals surface area contributed by atoms with Crippen molar-refractivity contribution in [3.8, 4) is 0 Å². The van der Waals surface area contributed by atoms with Gasteiger partial charge < -0.3 is 29.0 Å². The average molecular weight is 515 g/mol. The number of hydrogen-bond donors (Lipinski definition) is 2. The lowest BCUT2D eigenvalue weighted by Crippen LogP contribution is -2.47. The Kier molecular flexibility index (Phi) is 9.73. The topological polar surface area (TPSA) is 170 Å². The molecule has 0 aliphatic heterocycles. The molecule has 196 valence electrons. The van der Waals surface area contributed by atoms with Crippen molar-refractivity contribution in [3.05, 3.63) is 12.7 Å². The minimum Gasteiger partial charge on any atom is -0.462 e. The van der Waals surface area contributed by atoms with Gasteiger partial charge in [0, 0.05) is 0 Å². The number of nitrogens with two attached hydrogens (primary N) is 1. The van der Waals surface area contributed by atoms with Crippen LogP contribution in [0.1, 0.15) is 48.5 Å². The molecule has 2 heterocycles. The van der Waals surface area contributed by atoms with E-state index in [-0.39, 0.29) is 18.0 Å². The Morgan fingerprint density at radius 3 is 2.40 bits per heavy atom. The van der Waals surface area contributed by atoms with E-state index < -0.39 is 44.1 Å². The second kappa shape index (κ2) is 11.9. The van der Waals surface area contributed by atoms with E-state index in [1.165, 1.54) is 20.2 Å². The third-order valence-corrected chi connectivity index (χ3v) is 6.41. The fraction of sp³-hybridized carbons (Fsp3) is 0.667. The average Bonchev–Trinajstić information content (AvgIpc) is 3.14. The van der Waals surface area contributed by atoms with Crippen molar-refractivity contribution >= 4 is 36.4 Å². The van der Waals surface area contributed by atoms with Gasteiger partial charge in [-0.15, -0.1) is 0 Å². The molecule has 0 amide bonds. The lowest BCUT2D eigenvalue weighted by molar-refractivity contribution is -0.153. The number of ether oxygens (including phenoxy) is 3. The van der Waals surface area contributed by atoms with Gasteiger partial charge in [-0.2, -0.15) is 0 Å². The quantitative estimate of drug-likeness (QED) is 0.296. The van der Waals surface area contributed by atoms with Crippen LogP contribution in [-0.2, 0) is 39.4 Å². The SMILES string of the molecule is CC(C)OC(=O)CO[P@@](=O)(CO[C@H](C)Cn1cnc2c(N)ncnc21)NC(C)(C)C(=O)OC(C)C. The smallest absolute Gasteiger partial charge is 0.332 e. The standard InChI is InChI=1S/C21H35N6O7P/c1-13(2)33-16(28)9-32-35(30,26-21(6,7)20(29)34-14(3)4)12-31-15(5)8-27-11-25-17-18(22)23-10-24-19(17)27/h10-11,13-15H,8-9,12H2,1-7H3,(H,26,30)(H2,22,23,24)/t15-,35+/m1/s1. The van der Waals surface area contributed by atoms with E-state index in [1.54, 1.807) is 45.5 Å². The number of nitrogen functional groups attached to an aromatic ring is 1. The minimum absolute atomic E-state index is 0.258. The van der Waals surface area contributed by atoms with Crippen LogP contribution < -0.4 is 10.8 Å². The highest BCUT2D eigenvalue weighted by atomic mass is 31.2. The highest BCUT2D eigenvalue weighted by Gasteiger charge is 2.39. The molecule has 0 unspecified atom stereocenters. The molecule has 14 heteroatoms. The Morgan fingerprint density at radius 1 is 1.11 bits per heavy atom. The molecule has 0 aliphatic rings. The number of nitrogens with one attached hydrogen (secondary N) is 1. The fourth-order valence-corrected chi connectivity index (χ4v) is 4.89. The fourth-order valence-electron chi connectivity index (χ4n) is 2.98. The van der Waals surface area contributed by atoms with Gasteiger partial charge in [0.05, 0.1) is 31.2 Å². The number of fused-ring (bicyclic) bond motifs is 1. The van der Waals surface area contributed by atoms with Crippen molar-refractivity contribution in [2.75, 3.05) is 18.7 Å². The molecule has 0 aromatic carbocycles. The number of nitrogens with zero attached hydrogens (tertiary/aromatic N) is 4. The molecule has 0 radical (unpaired) electrons. The lowest BCUT2D eigenvalue weighted by atomic mass is 10.1. The first-order valence-electron chi connectivity index (χ1n) is 11.2. The van der Waals surface area contributed by atoms with E-state index in [0.29, 0.717) is 17.7 Å². The number of esters is 2. The maximum absolute atomic E-state index is 13.6. The van der Waals surface area contributed by atoms with E-state index in [1.807, 2.05) is 0 Å². The van der Waals surface area contributed by atoms with E-state index in [2.05, 4.69) is 20.0 Å². The van der Waals surface area contributed by atoms with Crippen molar-refractivity contribution in [2.24, 2.45) is 0 Å². The Hall–Kier alpha value is -2.60. The van der Waals surface area contributed by atoms with Gasteiger partial charge in [-0.1, -0.05) is 0 Å². The molecule has 0 aliphatic carbocycles. The van der Waals surface area contributed by atoms with Crippen molar-refractivity contribution in [1.29, 1.82) is 0 Å². The van der Waals surface area contributed by atoms with Crippen molar-refractivity contribution < 1.29 is 32.9 Å². The lowest BCUT2D eigenvalue weighted by Gasteiger charge is -2.30. The highest BCUT2D eigenvalue weighted by Crippen LogP contribution is 2.45. The molecule has 0 bridgehead atoms. The van der Waals surface area contributed by atoms with Crippen molar-refractivity contribution in [2.45, 2.75) is 78.9 Å². The summed E-state index contributed by atoms with van der Waals surface area (Å²) in [4.78, 5) is 36.8. The van der Waals surface area contributed by atoms with Crippen LogP contribution >= 0.6 is 7.52 Å². The minimum atomic E-state index is -3.88. The summed E-state index contributed by atoms with van der Waals surface area (Å²) in [6.07, 6.45) is 1.25. The first kappa shape index (κ1) is 28.6. The van der Waals surface area contributed by atoms with Crippen molar-refractivity contribution in [1.82, 2.24) is 24.6 Å². The van der Waals surface area contributed by atoms with E-state index >= 15 is 0 Å². The molecule has 13 nitrogen and oxygen atoms in total. The largest absolute Gasteiger partial charge is 0.462 e. The summed E-state index contributed by atoms with van der Waals surface area (Å²) in [5.74, 6) is -1.07. The third kappa shape index (κ3) is 8.53. The van der Waals surface area contributed by atoms with E-state index in [0.717, 1.165) is 0 Å². The van der Waals surface area contributed by atoms with Crippen LogP contribution in [0.15, 0.2) is 12.7 Å². The van der Waals surface area contributed by atoms with E-state index in [9.17, 15) is 14.2 Å². The van der Waals surface area contributed by atoms with Crippen LogP contribution in [-0.4, -0.2) is 68.3 Å². The first-order valence-corrected chi connectivity index (χ1v) is 13.0. The molecule has 0 spiro atoms. The summed E-state index contributed by atoms with van der Waals surface area (Å²) in [6, 6.07) is 0. The maximum Gasteiger partial charge on any atom is 0.332 e. The molecule has 0 saturated carbocycles. The van der Waals surface area contributed by atoms with Gasteiger partial charge in [-0.05, 0) is 48.5 Å². The predicted octanol–water partition coefficient (Wildman–Crippen LogP) is 2.25. The molecule has 0 saturated heterocycles. The number of carbonyl (C=O) groups is 2.